The van der Waals surface area contributed by atoms with Crippen LogP contribution in [-0.4, -0.2) is 48.5 Å². The molecule has 0 aromatic heterocycles. The third-order valence-corrected chi connectivity index (χ3v) is 4.80. The van der Waals surface area contributed by atoms with Crippen LogP contribution in [0.25, 0.3) is 0 Å². The summed E-state index contributed by atoms with van der Waals surface area (Å²) in [6.45, 7) is 5.33. The molecule has 1 aromatic rings. The molecule has 1 aromatic carbocycles. The van der Waals surface area contributed by atoms with Crippen LogP contribution in [0.4, 0.5) is 0 Å². The van der Waals surface area contributed by atoms with E-state index in [1.165, 1.54) is 6.42 Å². The lowest BCUT2D eigenvalue weighted by Crippen LogP contribution is -2.50. The van der Waals surface area contributed by atoms with Crippen LogP contribution in [0.5, 0.6) is 5.75 Å². The third-order valence-electron chi connectivity index (χ3n) is 4.57. The molecule has 1 saturated heterocycles. The topological polar surface area (TPSA) is 32.8 Å². The maximum atomic E-state index is 12.7. The Morgan fingerprint density at radius 1 is 1.35 bits per heavy atom. The summed E-state index contributed by atoms with van der Waals surface area (Å²) in [5.41, 5.74) is 0.995. The maximum Gasteiger partial charge on any atom is 0.237 e. The van der Waals surface area contributed by atoms with Crippen molar-refractivity contribution < 1.29 is 9.53 Å². The lowest BCUT2D eigenvalue weighted by Gasteiger charge is -2.39. The number of piperidine rings is 1. The normalized spacial score (nSPS) is 21.6. The highest BCUT2D eigenvalue weighted by atomic mass is 35.5. The number of carbonyl (C=O) groups excluding carboxylic acids is 1. The second-order valence-corrected chi connectivity index (χ2v) is 6.99. The monoisotopic (exact) mass is 338 g/mol. The van der Waals surface area contributed by atoms with Crippen molar-refractivity contribution >= 4 is 17.5 Å². The number of methoxy groups -OCH3 is 1. The van der Waals surface area contributed by atoms with Crippen LogP contribution in [0.3, 0.4) is 0 Å². The van der Waals surface area contributed by atoms with Gasteiger partial charge in [0.25, 0.3) is 0 Å². The predicted octanol–water partition coefficient (Wildman–Crippen LogP) is 3.57. The van der Waals surface area contributed by atoms with Gasteiger partial charge in [-0.3, -0.25) is 9.69 Å². The van der Waals surface area contributed by atoms with E-state index in [1.54, 1.807) is 7.11 Å². The fraction of sp³-hybridized carbons (Fsp3) is 0.611. The Balaban J connectivity index is 2.00. The summed E-state index contributed by atoms with van der Waals surface area (Å²) >= 11 is 6.07. The van der Waals surface area contributed by atoms with Gasteiger partial charge in [-0.15, -0.1) is 0 Å². The number of nitrogens with zero attached hydrogens (tertiary/aromatic N) is 2. The number of rotatable bonds is 5. The second kappa shape index (κ2) is 8.02. The van der Waals surface area contributed by atoms with Gasteiger partial charge < -0.3 is 9.64 Å². The predicted molar refractivity (Wildman–Crippen MR) is 94.0 cm³/mol. The van der Waals surface area contributed by atoms with Crippen LogP contribution in [0.1, 0.15) is 38.7 Å². The summed E-state index contributed by atoms with van der Waals surface area (Å²) in [5.74, 6) is 1.00. The van der Waals surface area contributed by atoms with Gasteiger partial charge in [0, 0.05) is 29.2 Å². The van der Waals surface area contributed by atoms with Crippen LogP contribution in [0, 0.1) is 0 Å². The van der Waals surface area contributed by atoms with E-state index in [2.05, 4.69) is 18.7 Å². The largest absolute Gasteiger partial charge is 0.496 e. The summed E-state index contributed by atoms with van der Waals surface area (Å²) in [4.78, 5) is 16.7. The molecule has 0 N–H and O–H groups in total. The van der Waals surface area contributed by atoms with Gasteiger partial charge in [0.2, 0.25) is 5.91 Å². The Hall–Kier alpha value is -1.26. The molecule has 0 spiro atoms. The molecule has 128 valence electrons. The van der Waals surface area contributed by atoms with E-state index in [-0.39, 0.29) is 5.91 Å². The smallest absolute Gasteiger partial charge is 0.237 e. The summed E-state index contributed by atoms with van der Waals surface area (Å²) in [5, 5.41) is 0.679. The van der Waals surface area contributed by atoms with E-state index in [9.17, 15) is 4.79 Å². The second-order valence-electron chi connectivity index (χ2n) is 6.56. The molecule has 1 aliphatic heterocycles. The molecular formula is C18H27ClN2O2. The van der Waals surface area contributed by atoms with E-state index in [1.807, 2.05) is 30.1 Å². The highest BCUT2D eigenvalue weighted by Crippen LogP contribution is 2.25. The highest BCUT2D eigenvalue weighted by molar-refractivity contribution is 6.30. The minimum Gasteiger partial charge on any atom is -0.496 e. The number of ether oxygens (including phenoxy) is 1. The fourth-order valence-electron chi connectivity index (χ4n) is 3.44. The van der Waals surface area contributed by atoms with Crippen molar-refractivity contribution in [3.8, 4) is 5.75 Å². The number of hydrogen-bond acceptors (Lipinski definition) is 3. The molecule has 1 fully saturated rings. The Morgan fingerprint density at radius 3 is 2.61 bits per heavy atom. The van der Waals surface area contributed by atoms with Crippen LogP contribution < -0.4 is 4.74 Å². The average Bonchev–Trinajstić information content (AvgIpc) is 2.47. The van der Waals surface area contributed by atoms with Crippen molar-refractivity contribution in [1.82, 2.24) is 9.80 Å². The first-order valence-corrected chi connectivity index (χ1v) is 8.62. The fourth-order valence-corrected chi connectivity index (χ4v) is 3.64. The summed E-state index contributed by atoms with van der Waals surface area (Å²) in [7, 11) is 3.60. The zero-order valence-corrected chi connectivity index (χ0v) is 15.3. The summed E-state index contributed by atoms with van der Waals surface area (Å²) in [6, 6.07) is 6.24. The van der Waals surface area contributed by atoms with E-state index >= 15 is 0 Å². The Bertz CT molecular complexity index is 540. The van der Waals surface area contributed by atoms with Crippen molar-refractivity contribution in [1.29, 1.82) is 0 Å². The number of amides is 1. The molecule has 0 saturated carbocycles. The van der Waals surface area contributed by atoms with E-state index in [4.69, 9.17) is 16.3 Å². The Morgan fingerprint density at radius 2 is 2.00 bits per heavy atom. The quantitative estimate of drug-likeness (QED) is 0.822. The molecular weight excluding hydrogens is 312 g/mol. The summed E-state index contributed by atoms with van der Waals surface area (Å²) < 4.78 is 5.38. The van der Waals surface area contributed by atoms with Crippen molar-refractivity contribution in [2.75, 3.05) is 20.7 Å². The lowest BCUT2D eigenvalue weighted by atomic mass is 9.97. The van der Waals surface area contributed by atoms with Gasteiger partial charge in [-0.05, 0) is 58.4 Å². The lowest BCUT2D eigenvalue weighted by molar-refractivity contribution is -0.138. The van der Waals surface area contributed by atoms with Crippen LogP contribution in [0.15, 0.2) is 18.2 Å². The van der Waals surface area contributed by atoms with Gasteiger partial charge in [0.05, 0.1) is 13.7 Å². The first-order chi connectivity index (χ1) is 10.9. The molecule has 5 heteroatoms. The number of benzene rings is 1. The Labute approximate surface area is 144 Å². The van der Waals surface area contributed by atoms with Gasteiger partial charge in [0.1, 0.15) is 5.75 Å². The number of likely N-dealkylation sites (N-methyl/N-ethyl adjacent to an activating group) is 1. The van der Waals surface area contributed by atoms with Gasteiger partial charge >= 0.3 is 0 Å². The first kappa shape index (κ1) is 18.1. The SMILES string of the molecule is COc1ccc(Cl)cc1CN(C)CC(=O)N1C(C)CCCC1C. The molecule has 2 unspecified atom stereocenters. The zero-order valence-electron chi connectivity index (χ0n) is 14.5. The molecule has 1 amide bonds. The van der Waals surface area contributed by atoms with Gasteiger partial charge in [0.15, 0.2) is 0 Å². The standard InChI is InChI=1S/C18H27ClN2O2/c1-13-6-5-7-14(2)21(13)18(22)12-20(3)11-15-10-16(19)8-9-17(15)23-4/h8-10,13-14H,5-7,11-12H2,1-4H3. The van der Waals surface area contributed by atoms with E-state index < -0.39 is 0 Å². The minimum atomic E-state index is 0.202. The minimum absolute atomic E-state index is 0.202. The molecule has 2 rings (SSSR count). The van der Waals surface area contributed by atoms with Gasteiger partial charge in [-0.25, -0.2) is 0 Å². The molecule has 2 atom stereocenters. The molecule has 1 aliphatic rings. The first-order valence-electron chi connectivity index (χ1n) is 8.24. The number of hydrogen-bond donors (Lipinski definition) is 0. The zero-order chi connectivity index (χ0) is 17.0. The van der Waals surface area contributed by atoms with Crippen molar-refractivity contribution in [2.45, 2.75) is 51.7 Å². The van der Waals surface area contributed by atoms with Crippen molar-refractivity contribution in [3.05, 3.63) is 28.8 Å². The van der Waals surface area contributed by atoms with Crippen molar-refractivity contribution in [3.63, 3.8) is 0 Å². The average molecular weight is 339 g/mol. The van der Waals surface area contributed by atoms with E-state index in [0.717, 1.165) is 24.2 Å². The van der Waals surface area contributed by atoms with Crippen LogP contribution >= 0.6 is 11.6 Å². The molecule has 1 heterocycles. The molecule has 0 bridgehead atoms. The van der Waals surface area contributed by atoms with Crippen LogP contribution in [0.2, 0.25) is 5.02 Å². The van der Waals surface area contributed by atoms with Gasteiger partial charge in [-0.1, -0.05) is 11.6 Å². The van der Waals surface area contributed by atoms with Crippen LogP contribution in [-0.2, 0) is 11.3 Å². The number of halogens is 1. The molecule has 23 heavy (non-hydrogen) atoms. The highest BCUT2D eigenvalue weighted by Gasteiger charge is 2.29. The van der Waals surface area contributed by atoms with Gasteiger partial charge in [-0.2, -0.15) is 0 Å². The third kappa shape index (κ3) is 4.61. The molecule has 0 radical (unpaired) electrons. The van der Waals surface area contributed by atoms with Crippen molar-refractivity contribution in [2.24, 2.45) is 0 Å². The van der Waals surface area contributed by atoms with E-state index in [0.29, 0.717) is 30.2 Å². The maximum absolute atomic E-state index is 12.7. The molecule has 0 aliphatic carbocycles. The summed E-state index contributed by atoms with van der Waals surface area (Å²) in [6.07, 6.45) is 3.41. The molecule has 4 nitrogen and oxygen atoms in total. The number of carbonyl (C=O) groups is 1. The Kier molecular flexibility index (Phi) is 6.31. The number of likely N-dealkylation sites (tertiary alicyclic amines) is 1.